The van der Waals surface area contributed by atoms with Crippen molar-refractivity contribution in [3.63, 3.8) is 0 Å². The highest BCUT2D eigenvalue weighted by Crippen LogP contribution is 2.27. The molecule has 0 spiro atoms. The van der Waals surface area contributed by atoms with E-state index >= 15 is 0 Å². The van der Waals surface area contributed by atoms with Crippen molar-refractivity contribution in [2.24, 2.45) is 0 Å². The average Bonchev–Trinajstić information content (AvgIpc) is 2.82. The van der Waals surface area contributed by atoms with Crippen molar-refractivity contribution in [3.8, 4) is 5.75 Å². The van der Waals surface area contributed by atoms with Crippen molar-refractivity contribution in [3.05, 3.63) is 23.8 Å². The molecule has 1 unspecified atom stereocenters. The standard InChI is InChI=1S/C13H19NO2S/c1-16-13-7-6-10(8-12(13)14)9-17(15)11-4-2-3-5-11/h6-8,11H,2-5,9,14H2,1H3. The predicted octanol–water partition coefficient (Wildman–Crippen LogP) is 2.47. The first kappa shape index (κ1) is 12.4. The lowest BCUT2D eigenvalue weighted by atomic mass is 10.2. The lowest BCUT2D eigenvalue weighted by Gasteiger charge is -2.10. The van der Waals surface area contributed by atoms with Gasteiger partial charge >= 0.3 is 0 Å². The third-order valence-electron chi connectivity index (χ3n) is 3.28. The van der Waals surface area contributed by atoms with Gasteiger partial charge in [-0.05, 0) is 30.5 Å². The number of hydrogen-bond acceptors (Lipinski definition) is 3. The molecule has 94 valence electrons. The fourth-order valence-corrected chi connectivity index (χ4v) is 3.91. The van der Waals surface area contributed by atoms with Crippen LogP contribution >= 0.6 is 0 Å². The number of rotatable bonds is 4. The lowest BCUT2D eigenvalue weighted by molar-refractivity contribution is 0.417. The molecule has 1 aliphatic rings. The Hall–Kier alpha value is -1.03. The highest BCUT2D eigenvalue weighted by molar-refractivity contribution is 7.84. The summed E-state index contributed by atoms with van der Waals surface area (Å²) < 4.78 is 17.2. The fourth-order valence-electron chi connectivity index (χ4n) is 2.31. The molecule has 0 aliphatic heterocycles. The van der Waals surface area contributed by atoms with Crippen molar-refractivity contribution >= 4 is 16.5 Å². The van der Waals surface area contributed by atoms with Gasteiger partial charge in [-0.3, -0.25) is 4.21 Å². The van der Waals surface area contributed by atoms with E-state index in [0.717, 1.165) is 18.4 Å². The second-order valence-electron chi connectivity index (χ2n) is 4.51. The molecule has 1 aromatic carbocycles. The van der Waals surface area contributed by atoms with E-state index in [-0.39, 0.29) is 0 Å². The Balaban J connectivity index is 2.03. The van der Waals surface area contributed by atoms with Gasteiger partial charge in [0.25, 0.3) is 0 Å². The third kappa shape index (κ3) is 3.00. The molecule has 1 saturated carbocycles. The summed E-state index contributed by atoms with van der Waals surface area (Å²) in [5.74, 6) is 1.29. The maximum absolute atomic E-state index is 12.1. The van der Waals surface area contributed by atoms with E-state index in [1.165, 1.54) is 12.8 Å². The quantitative estimate of drug-likeness (QED) is 0.839. The predicted molar refractivity (Wildman–Crippen MR) is 71.5 cm³/mol. The lowest BCUT2D eigenvalue weighted by Crippen LogP contribution is -2.12. The maximum atomic E-state index is 12.1. The zero-order valence-corrected chi connectivity index (χ0v) is 11.0. The highest BCUT2D eigenvalue weighted by Gasteiger charge is 2.21. The summed E-state index contributed by atoms with van der Waals surface area (Å²) in [5.41, 5.74) is 7.49. The molecule has 0 heterocycles. The number of nitrogen functional groups attached to an aromatic ring is 1. The Kier molecular flexibility index (Phi) is 4.05. The molecule has 17 heavy (non-hydrogen) atoms. The molecule has 2 rings (SSSR count). The van der Waals surface area contributed by atoms with Crippen LogP contribution in [0.25, 0.3) is 0 Å². The van der Waals surface area contributed by atoms with Crippen LogP contribution in [0.2, 0.25) is 0 Å². The summed E-state index contributed by atoms with van der Waals surface area (Å²) in [5, 5.41) is 0.387. The van der Waals surface area contributed by atoms with E-state index in [0.29, 0.717) is 22.4 Å². The molecule has 0 aromatic heterocycles. The zero-order chi connectivity index (χ0) is 12.3. The number of methoxy groups -OCH3 is 1. The van der Waals surface area contributed by atoms with Crippen molar-refractivity contribution in [1.29, 1.82) is 0 Å². The molecule has 3 nitrogen and oxygen atoms in total. The van der Waals surface area contributed by atoms with Crippen LogP contribution in [0.1, 0.15) is 31.2 Å². The summed E-state index contributed by atoms with van der Waals surface area (Å²) in [6, 6.07) is 5.66. The summed E-state index contributed by atoms with van der Waals surface area (Å²) >= 11 is 0. The normalized spacial score (nSPS) is 18.2. The van der Waals surface area contributed by atoms with Gasteiger partial charge in [-0.2, -0.15) is 0 Å². The minimum absolute atomic E-state index is 0.387. The first-order valence-electron chi connectivity index (χ1n) is 6.00. The van der Waals surface area contributed by atoms with Crippen LogP contribution < -0.4 is 10.5 Å². The summed E-state index contributed by atoms with van der Waals surface area (Å²) in [4.78, 5) is 0. The minimum Gasteiger partial charge on any atom is -0.495 e. The molecule has 1 atom stereocenters. The topological polar surface area (TPSA) is 52.3 Å². The number of ether oxygens (including phenoxy) is 1. The Bertz CT molecular complexity index is 414. The van der Waals surface area contributed by atoms with Gasteiger partial charge in [0, 0.05) is 21.8 Å². The van der Waals surface area contributed by atoms with E-state index in [4.69, 9.17) is 10.5 Å². The number of nitrogens with two attached hydrogens (primary N) is 1. The number of benzene rings is 1. The van der Waals surface area contributed by atoms with Crippen molar-refractivity contribution in [1.82, 2.24) is 0 Å². The highest BCUT2D eigenvalue weighted by atomic mass is 32.2. The monoisotopic (exact) mass is 253 g/mol. The smallest absolute Gasteiger partial charge is 0.141 e. The molecule has 1 aromatic rings. The van der Waals surface area contributed by atoms with Gasteiger partial charge < -0.3 is 10.5 Å². The zero-order valence-electron chi connectivity index (χ0n) is 10.1. The van der Waals surface area contributed by atoms with Gasteiger partial charge in [0.1, 0.15) is 5.75 Å². The molecule has 1 aliphatic carbocycles. The van der Waals surface area contributed by atoms with Gasteiger partial charge in [-0.25, -0.2) is 0 Å². The van der Waals surface area contributed by atoms with Crippen LogP contribution in [0.5, 0.6) is 5.75 Å². The first-order chi connectivity index (χ1) is 8.20. The second kappa shape index (κ2) is 5.54. The fraction of sp³-hybridized carbons (Fsp3) is 0.538. The van der Waals surface area contributed by atoms with E-state index in [1.807, 2.05) is 18.2 Å². The molecular weight excluding hydrogens is 234 g/mol. The van der Waals surface area contributed by atoms with E-state index in [2.05, 4.69) is 0 Å². The van der Waals surface area contributed by atoms with Crippen LogP contribution in [-0.4, -0.2) is 16.6 Å². The SMILES string of the molecule is COc1ccc(CS(=O)C2CCCC2)cc1N. The minimum atomic E-state index is -0.760. The molecule has 0 radical (unpaired) electrons. The van der Waals surface area contributed by atoms with Gasteiger partial charge in [0.2, 0.25) is 0 Å². The molecule has 0 amide bonds. The largest absolute Gasteiger partial charge is 0.495 e. The number of anilines is 1. The van der Waals surface area contributed by atoms with Crippen molar-refractivity contribution in [2.45, 2.75) is 36.7 Å². The van der Waals surface area contributed by atoms with Crippen molar-refractivity contribution in [2.75, 3.05) is 12.8 Å². The van der Waals surface area contributed by atoms with Crippen LogP contribution in [-0.2, 0) is 16.6 Å². The molecule has 4 heteroatoms. The maximum Gasteiger partial charge on any atom is 0.141 e. The molecule has 0 bridgehead atoms. The summed E-state index contributed by atoms with van der Waals surface area (Å²) in [6.07, 6.45) is 4.67. The Morgan fingerprint density at radius 3 is 2.71 bits per heavy atom. The number of hydrogen-bond donors (Lipinski definition) is 1. The van der Waals surface area contributed by atoms with Gasteiger partial charge in [-0.1, -0.05) is 18.9 Å². The Morgan fingerprint density at radius 2 is 2.12 bits per heavy atom. The van der Waals surface area contributed by atoms with E-state index in [1.54, 1.807) is 7.11 Å². The second-order valence-corrected chi connectivity index (χ2v) is 6.22. The Morgan fingerprint density at radius 1 is 1.41 bits per heavy atom. The molecular formula is C13H19NO2S. The van der Waals surface area contributed by atoms with Gasteiger partial charge in [0.05, 0.1) is 12.8 Å². The molecule has 2 N–H and O–H groups in total. The van der Waals surface area contributed by atoms with Crippen LogP contribution in [0.4, 0.5) is 5.69 Å². The van der Waals surface area contributed by atoms with E-state index in [9.17, 15) is 4.21 Å². The molecule has 0 saturated heterocycles. The summed E-state index contributed by atoms with van der Waals surface area (Å²) in [7, 11) is 0.840. The van der Waals surface area contributed by atoms with Crippen LogP contribution in [0.15, 0.2) is 18.2 Å². The van der Waals surface area contributed by atoms with Crippen LogP contribution in [0, 0.1) is 0 Å². The van der Waals surface area contributed by atoms with Crippen molar-refractivity contribution < 1.29 is 8.95 Å². The van der Waals surface area contributed by atoms with Gasteiger partial charge in [0.15, 0.2) is 0 Å². The van der Waals surface area contributed by atoms with Crippen LogP contribution in [0.3, 0.4) is 0 Å². The third-order valence-corrected chi connectivity index (χ3v) is 5.11. The Labute approximate surface area is 105 Å². The van der Waals surface area contributed by atoms with E-state index < -0.39 is 10.8 Å². The van der Waals surface area contributed by atoms with Gasteiger partial charge in [-0.15, -0.1) is 0 Å². The average molecular weight is 253 g/mol. The molecule has 1 fully saturated rings. The first-order valence-corrected chi connectivity index (χ1v) is 7.38. The summed E-state index contributed by atoms with van der Waals surface area (Å²) in [6.45, 7) is 0.